The van der Waals surface area contributed by atoms with Crippen molar-refractivity contribution in [3.63, 3.8) is 0 Å². The van der Waals surface area contributed by atoms with Crippen molar-refractivity contribution in [1.82, 2.24) is 10.2 Å². The molecular formula is C17H30N2O. The quantitative estimate of drug-likeness (QED) is 0.856. The Bertz CT molecular complexity index is 396. The third-order valence-corrected chi connectivity index (χ3v) is 6.19. The monoisotopic (exact) mass is 278 g/mol. The molecule has 1 aliphatic heterocycles. The Kier molecular flexibility index (Phi) is 3.39. The van der Waals surface area contributed by atoms with E-state index >= 15 is 0 Å². The smallest absolute Gasteiger partial charge is 0.244 e. The van der Waals surface area contributed by atoms with E-state index < -0.39 is 0 Å². The molecule has 2 aliphatic carbocycles. The molecule has 3 heteroatoms. The van der Waals surface area contributed by atoms with E-state index in [-0.39, 0.29) is 17.2 Å². The molecule has 3 fully saturated rings. The van der Waals surface area contributed by atoms with Crippen LogP contribution in [0.15, 0.2) is 0 Å². The largest absolute Gasteiger partial charge is 0.320 e. The molecule has 3 nitrogen and oxygen atoms in total. The van der Waals surface area contributed by atoms with Crippen LogP contribution in [0.1, 0.15) is 72.6 Å². The second-order valence-electron chi connectivity index (χ2n) is 7.92. The number of carbonyl (C=O) groups is 1. The van der Waals surface area contributed by atoms with Crippen LogP contribution in [0, 0.1) is 11.8 Å². The molecule has 1 amide bonds. The van der Waals surface area contributed by atoms with Crippen molar-refractivity contribution in [3.8, 4) is 0 Å². The lowest BCUT2D eigenvalue weighted by molar-refractivity contribution is -0.139. The Hall–Kier alpha value is -0.570. The van der Waals surface area contributed by atoms with Gasteiger partial charge >= 0.3 is 0 Å². The minimum absolute atomic E-state index is 0.0181. The van der Waals surface area contributed by atoms with E-state index in [1.807, 2.05) is 0 Å². The maximum Gasteiger partial charge on any atom is 0.244 e. The van der Waals surface area contributed by atoms with Crippen LogP contribution in [0.4, 0.5) is 0 Å². The SMILES string of the molecule is CCC1(C)NC(C2CCCC2)N(C(C)(C)C2CC2)C1=O. The van der Waals surface area contributed by atoms with E-state index in [2.05, 4.69) is 37.9 Å². The summed E-state index contributed by atoms with van der Waals surface area (Å²) < 4.78 is 0. The molecule has 2 saturated carbocycles. The van der Waals surface area contributed by atoms with Gasteiger partial charge in [0.2, 0.25) is 5.91 Å². The highest BCUT2D eigenvalue weighted by molar-refractivity contribution is 5.89. The highest BCUT2D eigenvalue weighted by Gasteiger charge is 2.57. The predicted molar refractivity (Wildman–Crippen MR) is 81.2 cm³/mol. The van der Waals surface area contributed by atoms with Crippen molar-refractivity contribution in [3.05, 3.63) is 0 Å². The van der Waals surface area contributed by atoms with Crippen LogP contribution in [0.25, 0.3) is 0 Å². The molecule has 2 unspecified atom stereocenters. The van der Waals surface area contributed by atoms with Crippen molar-refractivity contribution < 1.29 is 4.79 Å². The zero-order valence-corrected chi connectivity index (χ0v) is 13.5. The van der Waals surface area contributed by atoms with Crippen LogP contribution in [-0.2, 0) is 4.79 Å². The molecule has 20 heavy (non-hydrogen) atoms. The number of nitrogens with one attached hydrogen (secondary N) is 1. The lowest BCUT2D eigenvalue weighted by atomic mass is 9.91. The van der Waals surface area contributed by atoms with Crippen molar-refractivity contribution in [2.24, 2.45) is 11.8 Å². The molecule has 2 atom stereocenters. The van der Waals surface area contributed by atoms with Gasteiger partial charge in [-0.15, -0.1) is 0 Å². The first-order chi connectivity index (χ1) is 9.40. The lowest BCUT2D eigenvalue weighted by Crippen LogP contribution is -2.54. The standard InChI is InChI=1S/C17H30N2O/c1-5-17(4)15(20)19(16(2,3)13-10-11-13)14(18-17)12-8-6-7-9-12/h12-14,18H,5-11H2,1-4H3. The zero-order chi connectivity index (χ0) is 14.5. The Morgan fingerprint density at radius 2 is 1.85 bits per heavy atom. The molecule has 3 rings (SSSR count). The van der Waals surface area contributed by atoms with Gasteiger partial charge in [0.05, 0.1) is 11.7 Å². The second-order valence-corrected chi connectivity index (χ2v) is 7.92. The van der Waals surface area contributed by atoms with E-state index in [1.165, 1.54) is 38.5 Å². The van der Waals surface area contributed by atoms with Crippen LogP contribution in [0.3, 0.4) is 0 Å². The van der Waals surface area contributed by atoms with Gasteiger partial charge in [-0.25, -0.2) is 0 Å². The van der Waals surface area contributed by atoms with Crippen LogP contribution < -0.4 is 5.32 Å². The third-order valence-electron chi connectivity index (χ3n) is 6.19. The number of hydrogen-bond acceptors (Lipinski definition) is 2. The summed E-state index contributed by atoms with van der Waals surface area (Å²) >= 11 is 0. The van der Waals surface area contributed by atoms with Gasteiger partial charge in [0.25, 0.3) is 0 Å². The van der Waals surface area contributed by atoms with E-state index in [1.54, 1.807) is 0 Å². The van der Waals surface area contributed by atoms with Crippen molar-refractivity contribution in [2.45, 2.75) is 89.9 Å². The van der Waals surface area contributed by atoms with Crippen LogP contribution in [-0.4, -0.2) is 28.1 Å². The molecule has 0 aromatic rings. The van der Waals surface area contributed by atoms with Crippen LogP contribution >= 0.6 is 0 Å². The minimum atomic E-state index is -0.348. The van der Waals surface area contributed by atoms with Gasteiger partial charge in [0.15, 0.2) is 0 Å². The van der Waals surface area contributed by atoms with E-state index in [0.29, 0.717) is 17.7 Å². The number of rotatable bonds is 4. The number of amides is 1. The Morgan fingerprint density at radius 3 is 2.35 bits per heavy atom. The van der Waals surface area contributed by atoms with E-state index in [4.69, 9.17) is 0 Å². The topological polar surface area (TPSA) is 32.3 Å². The van der Waals surface area contributed by atoms with Crippen molar-refractivity contribution in [2.75, 3.05) is 0 Å². The van der Waals surface area contributed by atoms with Gasteiger partial charge in [0.1, 0.15) is 0 Å². The lowest BCUT2D eigenvalue weighted by Gasteiger charge is -2.42. The highest BCUT2D eigenvalue weighted by Crippen LogP contribution is 2.47. The first-order valence-electron chi connectivity index (χ1n) is 8.51. The number of nitrogens with zero attached hydrogens (tertiary/aromatic N) is 1. The molecule has 1 heterocycles. The van der Waals surface area contributed by atoms with Gasteiger partial charge in [-0.1, -0.05) is 19.8 Å². The fourth-order valence-electron chi connectivity index (χ4n) is 4.31. The maximum absolute atomic E-state index is 13.1. The molecule has 3 aliphatic rings. The van der Waals surface area contributed by atoms with Crippen molar-refractivity contribution >= 4 is 5.91 Å². The first kappa shape index (κ1) is 14.4. The van der Waals surface area contributed by atoms with Gasteiger partial charge in [-0.3, -0.25) is 10.1 Å². The summed E-state index contributed by atoms with van der Waals surface area (Å²) in [4.78, 5) is 15.3. The second kappa shape index (κ2) is 4.72. The summed E-state index contributed by atoms with van der Waals surface area (Å²) in [7, 11) is 0. The fourth-order valence-corrected chi connectivity index (χ4v) is 4.31. The molecular weight excluding hydrogens is 248 g/mol. The maximum atomic E-state index is 13.1. The van der Waals surface area contributed by atoms with E-state index in [0.717, 1.165) is 6.42 Å². The van der Waals surface area contributed by atoms with Crippen molar-refractivity contribution in [1.29, 1.82) is 0 Å². The normalized spacial score (nSPS) is 36.1. The van der Waals surface area contributed by atoms with Crippen LogP contribution in [0.5, 0.6) is 0 Å². The molecule has 0 radical (unpaired) electrons. The average Bonchev–Trinajstić information content (AvgIpc) is 3.07. The Labute approximate surface area is 123 Å². The summed E-state index contributed by atoms with van der Waals surface area (Å²) in [6, 6.07) is 0. The summed E-state index contributed by atoms with van der Waals surface area (Å²) in [6.07, 6.45) is 8.95. The molecule has 0 spiro atoms. The summed E-state index contributed by atoms with van der Waals surface area (Å²) in [5.41, 5.74) is -0.330. The molecule has 1 N–H and O–H groups in total. The van der Waals surface area contributed by atoms with Gasteiger partial charge < -0.3 is 4.90 Å². The molecule has 1 saturated heterocycles. The summed E-state index contributed by atoms with van der Waals surface area (Å²) in [5, 5.41) is 3.72. The first-order valence-corrected chi connectivity index (χ1v) is 8.51. The summed E-state index contributed by atoms with van der Waals surface area (Å²) in [6.45, 7) is 8.80. The van der Waals surface area contributed by atoms with Gasteiger partial charge in [-0.05, 0) is 64.7 Å². The summed E-state index contributed by atoms with van der Waals surface area (Å²) in [5.74, 6) is 1.70. The van der Waals surface area contributed by atoms with Crippen LogP contribution in [0.2, 0.25) is 0 Å². The third kappa shape index (κ3) is 2.09. The zero-order valence-electron chi connectivity index (χ0n) is 13.5. The van der Waals surface area contributed by atoms with Gasteiger partial charge in [0, 0.05) is 5.54 Å². The predicted octanol–water partition coefficient (Wildman–Crippen LogP) is 3.29. The molecule has 0 bridgehead atoms. The Morgan fingerprint density at radius 1 is 1.25 bits per heavy atom. The fraction of sp³-hybridized carbons (Fsp3) is 0.941. The molecule has 0 aromatic carbocycles. The Balaban J connectivity index is 1.91. The number of hydrogen-bond donors (Lipinski definition) is 1. The van der Waals surface area contributed by atoms with E-state index in [9.17, 15) is 4.79 Å². The molecule has 0 aromatic heterocycles. The van der Waals surface area contributed by atoms with Gasteiger partial charge in [-0.2, -0.15) is 0 Å². The minimum Gasteiger partial charge on any atom is -0.320 e. The molecule has 114 valence electrons. The average molecular weight is 278 g/mol. The highest BCUT2D eigenvalue weighted by atomic mass is 16.2. The number of carbonyl (C=O) groups excluding carboxylic acids is 1.